The van der Waals surface area contributed by atoms with Gasteiger partial charge in [0.05, 0.1) is 19.1 Å². The lowest BCUT2D eigenvalue weighted by Crippen LogP contribution is -2.08. The van der Waals surface area contributed by atoms with Gasteiger partial charge < -0.3 is 9.47 Å². The van der Waals surface area contributed by atoms with E-state index in [4.69, 9.17) is 5.26 Å². The lowest BCUT2D eigenvalue weighted by atomic mass is 10.5. The largest absolute Gasteiger partial charge is 0.508 e. The summed E-state index contributed by atoms with van der Waals surface area (Å²) in [6.07, 6.45) is 0.288. The van der Waals surface area contributed by atoms with Crippen molar-refractivity contribution in [3.8, 4) is 6.07 Å². The van der Waals surface area contributed by atoms with E-state index in [0.717, 1.165) is 6.42 Å². The Hall–Kier alpha value is -1.24. The second-order valence-electron chi connectivity index (χ2n) is 1.86. The van der Waals surface area contributed by atoms with Gasteiger partial charge in [-0.2, -0.15) is 5.26 Å². The molecule has 0 aliphatic rings. The molecule has 0 spiro atoms. The van der Waals surface area contributed by atoms with Crippen LogP contribution in [0.25, 0.3) is 0 Å². The fourth-order valence-electron chi connectivity index (χ4n) is 0.407. The Morgan fingerprint density at radius 3 is 2.64 bits per heavy atom. The zero-order valence-corrected chi connectivity index (χ0v) is 6.50. The summed E-state index contributed by atoms with van der Waals surface area (Å²) in [5.74, 6) is 0. The zero-order chi connectivity index (χ0) is 8.53. The standard InChI is InChI=1S/C7H11NO3/c1-2-5-10-7(9)11-6-3-4-8/h2-3,5-6H2,1H3. The average molecular weight is 157 g/mol. The van der Waals surface area contributed by atoms with Crippen LogP contribution in [0.1, 0.15) is 19.8 Å². The molecule has 62 valence electrons. The first-order valence-electron chi connectivity index (χ1n) is 3.47. The van der Waals surface area contributed by atoms with E-state index in [0.29, 0.717) is 6.61 Å². The summed E-state index contributed by atoms with van der Waals surface area (Å²) in [6.45, 7) is 2.37. The zero-order valence-electron chi connectivity index (χ0n) is 6.50. The number of hydrogen-bond donors (Lipinski definition) is 0. The predicted octanol–water partition coefficient (Wildman–Crippen LogP) is 1.46. The number of nitrogens with zero attached hydrogens (tertiary/aromatic N) is 1. The number of nitriles is 1. The number of ether oxygens (including phenoxy) is 2. The molecule has 0 amide bonds. The lowest BCUT2D eigenvalue weighted by molar-refractivity contribution is 0.0569. The third-order valence-corrected chi connectivity index (χ3v) is 0.858. The van der Waals surface area contributed by atoms with E-state index in [-0.39, 0.29) is 13.0 Å². The summed E-state index contributed by atoms with van der Waals surface area (Å²) >= 11 is 0. The maximum absolute atomic E-state index is 10.5. The third-order valence-electron chi connectivity index (χ3n) is 0.858. The molecule has 0 unspecified atom stereocenters. The molecule has 0 fully saturated rings. The molecule has 11 heavy (non-hydrogen) atoms. The molecule has 0 heterocycles. The van der Waals surface area contributed by atoms with Crippen LogP contribution in [0.5, 0.6) is 0 Å². The van der Waals surface area contributed by atoms with Gasteiger partial charge in [-0.15, -0.1) is 0 Å². The van der Waals surface area contributed by atoms with Crippen LogP contribution >= 0.6 is 0 Å². The smallest absolute Gasteiger partial charge is 0.434 e. The maximum Gasteiger partial charge on any atom is 0.508 e. The molecule has 0 aliphatic carbocycles. The van der Waals surface area contributed by atoms with E-state index in [2.05, 4.69) is 9.47 Å². The average Bonchev–Trinajstić information content (AvgIpc) is 2.01. The van der Waals surface area contributed by atoms with Gasteiger partial charge in [-0.25, -0.2) is 4.79 Å². The maximum atomic E-state index is 10.5. The van der Waals surface area contributed by atoms with Crippen molar-refractivity contribution in [2.24, 2.45) is 0 Å². The third kappa shape index (κ3) is 6.65. The van der Waals surface area contributed by atoms with Gasteiger partial charge in [0.25, 0.3) is 0 Å². The van der Waals surface area contributed by atoms with Gasteiger partial charge in [0.2, 0.25) is 0 Å². The quantitative estimate of drug-likeness (QED) is 0.458. The van der Waals surface area contributed by atoms with E-state index in [1.165, 1.54) is 0 Å². The Labute approximate surface area is 65.7 Å². The normalized spacial score (nSPS) is 8.36. The van der Waals surface area contributed by atoms with Crippen LogP contribution < -0.4 is 0 Å². The monoisotopic (exact) mass is 157 g/mol. The molecular weight excluding hydrogens is 146 g/mol. The van der Waals surface area contributed by atoms with Crippen molar-refractivity contribution in [1.29, 1.82) is 5.26 Å². The van der Waals surface area contributed by atoms with Crippen molar-refractivity contribution in [1.82, 2.24) is 0 Å². The van der Waals surface area contributed by atoms with Crippen LogP contribution in [0, 0.1) is 11.3 Å². The first-order chi connectivity index (χ1) is 5.31. The molecular formula is C7H11NO3. The molecule has 0 saturated heterocycles. The summed E-state index contributed by atoms with van der Waals surface area (Å²) in [5, 5.41) is 8.07. The number of carbonyl (C=O) groups excluding carboxylic acids is 1. The summed E-state index contributed by atoms with van der Waals surface area (Å²) in [7, 11) is 0. The predicted molar refractivity (Wildman–Crippen MR) is 37.8 cm³/mol. The van der Waals surface area contributed by atoms with Crippen molar-refractivity contribution in [2.45, 2.75) is 19.8 Å². The Morgan fingerprint density at radius 2 is 2.09 bits per heavy atom. The molecule has 0 N–H and O–H groups in total. The van der Waals surface area contributed by atoms with Crippen LogP contribution in [-0.2, 0) is 9.47 Å². The van der Waals surface area contributed by atoms with Crippen molar-refractivity contribution in [3.63, 3.8) is 0 Å². The first kappa shape index (κ1) is 9.76. The van der Waals surface area contributed by atoms with E-state index in [9.17, 15) is 4.79 Å². The van der Waals surface area contributed by atoms with Crippen LogP contribution in [0.15, 0.2) is 0 Å². The summed E-state index contributed by atoms with van der Waals surface area (Å²) in [6, 6.07) is 1.85. The minimum absolute atomic E-state index is 0.110. The molecule has 0 aliphatic heterocycles. The molecule has 4 nitrogen and oxygen atoms in total. The van der Waals surface area contributed by atoms with Gasteiger partial charge in [-0.3, -0.25) is 0 Å². The first-order valence-corrected chi connectivity index (χ1v) is 3.47. The molecule has 0 rings (SSSR count). The van der Waals surface area contributed by atoms with E-state index in [1.54, 1.807) is 0 Å². The fourth-order valence-corrected chi connectivity index (χ4v) is 0.407. The van der Waals surface area contributed by atoms with Gasteiger partial charge in [0, 0.05) is 0 Å². The highest BCUT2D eigenvalue weighted by Crippen LogP contribution is 1.88. The molecule has 0 saturated carbocycles. The second kappa shape index (κ2) is 6.87. The fraction of sp³-hybridized carbons (Fsp3) is 0.714. The van der Waals surface area contributed by atoms with Gasteiger partial charge >= 0.3 is 6.16 Å². The minimum Gasteiger partial charge on any atom is -0.434 e. The van der Waals surface area contributed by atoms with E-state index < -0.39 is 6.16 Å². The second-order valence-corrected chi connectivity index (χ2v) is 1.86. The molecule has 0 aromatic rings. The topological polar surface area (TPSA) is 59.3 Å². The molecule has 0 atom stereocenters. The minimum atomic E-state index is -0.692. The van der Waals surface area contributed by atoms with Crippen LogP contribution in [0.3, 0.4) is 0 Å². The Bertz CT molecular complexity index is 150. The lowest BCUT2D eigenvalue weighted by Gasteiger charge is -2.01. The Morgan fingerprint density at radius 1 is 1.45 bits per heavy atom. The number of hydrogen-bond acceptors (Lipinski definition) is 4. The summed E-state index contributed by atoms with van der Waals surface area (Å²) in [5.41, 5.74) is 0. The van der Waals surface area contributed by atoms with E-state index in [1.807, 2.05) is 13.0 Å². The highest BCUT2D eigenvalue weighted by Gasteiger charge is 2.00. The van der Waals surface area contributed by atoms with Gasteiger partial charge in [0.15, 0.2) is 0 Å². The van der Waals surface area contributed by atoms with Crippen molar-refractivity contribution in [3.05, 3.63) is 0 Å². The van der Waals surface area contributed by atoms with Gasteiger partial charge in [-0.05, 0) is 6.42 Å². The highest BCUT2D eigenvalue weighted by atomic mass is 16.7. The molecule has 0 radical (unpaired) electrons. The van der Waals surface area contributed by atoms with Crippen molar-refractivity contribution in [2.75, 3.05) is 13.2 Å². The molecule has 0 aromatic heterocycles. The Balaban J connectivity index is 3.17. The van der Waals surface area contributed by atoms with E-state index >= 15 is 0 Å². The summed E-state index contributed by atoms with van der Waals surface area (Å²) in [4.78, 5) is 10.5. The Kier molecular flexibility index (Phi) is 6.10. The van der Waals surface area contributed by atoms with Crippen LogP contribution in [-0.4, -0.2) is 19.4 Å². The van der Waals surface area contributed by atoms with Crippen molar-refractivity contribution >= 4 is 6.16 Å². The van der Waals surface area contributed by atoms with Crippen molar-refractivity contribution < 1.29 is 14.3 Å². The molecule has 4 heteroatoms. The van der Waals surface area contributed by atoms with Crippen LogP contribution in [0.4, 0.5) is 4.79 Å². The number of rotatable bonds is 4. The van der Waals surface area contributed by atoms with Crippen LogP contribution in [0.2, 0.25) is 0 Å². The molecule has 0 bridgehead atoms. The number of carbonyl (C=O) groups is 1. The SMILES string of the molecule is CCCOC(=O)OCCC#N. The molecule has 0 aromatic carbocycles. The highest BCUT2D eigenvalue weighted by molar-refractivity contribution is 5.59. The van der Waals surface area contributed by atoms with Gasteiger partial charge in [-0.1, -0.05) is 6.92 Å². The van der Waals surface area contributed by atoms with Gasteiger partial charge in [0.1, 0.15) is 6.61 Å². The summed E-state index contributed by atoms with van der Waals surface area (Å²) < 4.78 is 9.07.